The zero-order chi connectivity index (χ0) is 15.4. The lowest BCUT2D eigenvalue weighted by atomic mass is 10.0. The summed E-state index contributed by atoms with van der Waals surface area (Å²) in [6.07, 6.45) is 0. The lowest BCUT2D eigenvalue weighted by Crippen LogP contribution is -2.54. The highest BCUT2D eigenvalue weighted by molar-refractivity contribution is 6.32. The molecule has 5 nitrogen and oxygen atoms in total. The summed E-state index contributed by atoms with van der Waals surface area (Å²) in [5.41, 5.74) is 1.93. The van der Waals surface area contributed by atoms with Crippen LogP contribution >= 0.6 is 0 Å². The summed E-state index contributed by atoms with van der Waals surface area (Å²) in [6.45, 7) is 7.40. The van der Waals surface area contributed by atoms with E-state index in [1.54, 1.807) is 0 Å². The van der Waals surface area contributed by atoms with Gasteiger partial charge in [-0.2, -0.15) is 0 Å². The summed E-state index contributed by atoms with van der Waals surface area (Å²) in [7, 11) is 1.20. The van der Waals surface area contributed by atoms with Crippen molar-refractivity contribution < 1.29 is 19.1 Å². The van der Waals surface area contributed by atoms with Crippen molar-refractivity contribution in [2.75, 3.05) is 26.8 Å². The second-order valence-electron chi connectivity index (χ2n) is 5.16. The number of rotatable bonds is 4. The van der Waals surface area contributed by atoms with Crippen molar-refractivity contribution in [3.8, 4) is 5.75 Å². The fraction of sp³-hybridized carbons (Fsp3) is 0.375. The molecule has 0 aromatic heterocycles. The Morgan fingerprint density at radius 2 is 2.00 bits per heavy atom. The summed E-state index contributed by atoms with van der Waals surface area (Å²) >= 11 is 0. The van der Waals surface area contributed by atoms with Crippen LogP contribution in [-0.2, 0) is 14.3 Å². The molecule has 2 rings (SSSR count). The zero-order valence-electron chi connectivity index (χ0n) is 12.3. The monoisotopic (exact) mass is 289 g/mol. The molecule has 0 atom stereocenters. The van der Waals surface area contributed by atoms with Crippen molar-refractivity contribution >= 4 is 17.4 Å². The molecule has 1 fully saturated rings. The van der Waals surface area contributed by atoms with Crippen LogP contribution in [0.2, 0.25) is 0 Å². The molecule has 1 amide bonds. The highest BCUT2D eigenvalue weighted by atomic mass is 16.5. The largest absolute Gasteiger partial charge is 0.493 e. The molecule has 0 radical (unpaired) electrons. The Labute approximate surface area is 124 Å². The summed E-state index contributed by atoms with van der Waals surface area (Å²) in [5.74, 6) is -0.377. The molecule has 5 heteroatoms. The molecule has 1 aliphatic heterocycles. The average molecular weight is 289 g/mol. The number of hydrogen-bond donors (Lipinski definition) is 0. The molecular formula is C16H19NO4. The molecule has 21 heavy (non-hydrogen) atoms. The van der Waals surface area contributed by atoms with Gasteiger partial charge in [-0.15, -0.1) is 0 Å². The van der Waals surface area contributed by atoms with E-state index in [0.717, 1.165) is 16.9 Å². The van der Waals surface area contributed by atoms with Crippen LogP contribution in [0.3, 0.4) is 0 Å². The molecule has 0 bridgehead atoms. The SMILES string of the molecule is C=C(C)c1ccccc1OCC1CN(C(=O)C(=O)OC)C1. The lowest BCUT2D eigenvalue weighted by molar-refractivity contribution is -0.162. The number of ether oxygens (including phenoxy) is 2. The predicted molar refractivity (Wildman–Crippen MR) is 78.7 cm³/mol. The summed E-state index contributed by atoms with van der Waals surface area (Å²) < 4.78 is 10.2. The van der Waals surface area contributed by atoms with Gasteiger partial charge in [0.25, 0.3) is 0 Å². The number of benzene rings is 1. The highest BCUT2D eigenvalue weighted by Gasteiger charge is 2.34. The van der Waals surface area contributed by atoms with E-state index < -0.39 is 11.9 Å². The third-order valence-electron chi connectivity index (χ3n) is 3.43. The second-order valence-corrected chi connectivity index (χ2v) is 5.16. The fourth-order valence-corrected chi connectivity index (χ4v) is 2.21. The van der Waals surface area contributed by atoms with Gasteiger partial charge in [0.15, 0.2) is 0 Å². The van der Waals surface area contributed by atoms with E-state index in [2.05, 4.69) is 11.3 Å². The minimum Gasteiger partial charge on any atom is -0.493 e. The minimum absolute atomic E-state index is 0.233. The Morgan fingerprint density at radius 3 is 2.62 bits per heavy atom. The predicted octanol–water partition coefficient (Wildman–Crippen LogP) is 1.73. The number of allylic oxidation sites excluding steroid dienone is 1. The van der Waals surface area contributed by atoms with E-state index in [4.69, 9.17) is 4.74 Å². The van der Waals surface area contributed by atoms with Crippen molar-refractivity contribution in [1.29, 1.82) is 0 Å². The number of hydrogen-bond acceptors (Lipinski definition) is 4. The van der Waals surface area contributed by atoms with Gasteiger partial charge in [0.05, 0.1) is 13.7 Å². The standard InChI is InChI=1S/C16H19NO4/c1-11(2)13-6-4-5-7-14(13)21-10-12-8-17(9-12)15(18)16(19)20-3/h4-7,12H,1,8-10H2,2-3H3. The van der Waals surface area contributed by atoms with Crippen LogP contribution in [0.1, 0.15) is 12.5 Å². The highest BCUT2D eigenvalue weighted by Crippen LogP contribution is 2.26. The number of carbonyl (C=O) groups is 2. The van der Waals surface area contributed by atoms with E-state index in [-0.39, 0.29) is 5.92 Å². The Balaban J connectivity index is 1.83. The molecule has 1 aliphatic rings. The molecule has 1 saturated heterocycles. The van der Waals surface area contributed by atoms with Gasteiger partial charge < -0.3 is 14.4 Å². The number of methoxy groups -OCH3 is 1. The first-order valence-corrected chi connectivity index (χ1v) is 6.78. The molecule has 0 N–H and O–H groups in total. The summed E-state index contributed by atoms with van der Waals surface area (Å²) in [6, 6.07) is 7.72. The van der Waals surface area contributed by atoms with Crippen LogP contribution in [0, 0.1) is 5.92 Å². The molecule has 1 heterocycles. The van der Waals surface area contributed by atoms with Crippen molar-refractivity contribution in [2.45, 2.75) is 6.92 Å². The van der Waals surface area contributed by atoms with E-state index in [0.29, 0.717) is 19.7 Å². The topological polar surface area (TPSA) is 55.8 Å². The van der Waals surface area contributed by atoms with Crippen LogP contribution < -0.4 is 4.74 Å². The van der Waals surface area contributed by atoms with E-state index in [1.807, 2.05) is 31.2 Å². The maximum absolute atomic E-state index is 11.5. The lowest BCUT2D eigenvalue weighted by Gasteiger charge is -2.38. The second kappa shape index (κ2) is 6.43. The maximum Gasteiger partial charge on any atom is 0.396 e. The zero-order valence-corrected chi connectivity index (χ0v) is 12.3. The van der Waals surface area contributed by atoms with Crippen molar-refractivity contribution in [3.05, 3.63) is 36.4 Å². The van der Waals surface area contributed by atoms with Crippen molar-refractivity contribution in [2.24, 2.45) is 5.92 Å². The number of para-hydroxylation sites is 1. The van der Waals surface area contributed by atoms with Crippen LogP contribution in [0.25, 0.3) is 5.57 Å². The molecule has 1 aromatic rings. The first-order valence-electron chi connectivity index (χ1n) is 6.78. The third-order valence-corrected chi connectivity index (χ3v) is 3.43. The normalized spacial score (nSPS) is 14.3. The van der Waals surface area contributed by atoms with Crippen molar-refractivity contribution in [1.82, 2.24) is 4.90 Å². The Hall–Kier alpha value is -2.30. The van der Waals surface area contributed by atoms with E-state index in [9.17, 15) is 9.59 Å². The molecule has 0 saturated carbocycles. The summed E-state index contributed by atoms with van der Waals surface area (Å²) in [4.78, 5) is 24.1. The number of carbonyl (C=O) groups excluding carboxylic acids is 2. The van der Waals surface area contributed by atoms with Gasteiger partial charge in [-0.1, -0.05) is 24.8 Å². The Bertz CT molecular complexity index is 561. The first-order chi connectivity index (χ1) is 10.0. The van der Waals surface area contributed by atoms with Crippen LogP contribution in [0.4, 0.5) is 0 Å². The van der Waals surface area contributed by atoms with Gasteiger partial charge in [0, 0.05) is 24.6 Å². The number of amides is 1. The maximum atomic E-state index is 11.5. The molecule has 0 spiro atoms. The van der Waals surface area contributed by atoms with Crippen molar-refractivity contribution in [3.63, 3.8) is 0 Å². The van der Waals surface area contributed by atoms with Crippen LogP contribution in [0.15, 0.2) is 30.8 Å². The number of nitrogens with zero attached hydrogens (tertiary/aromatic N) is 1. The molecule has 0 aliphatic carbocycles. The Kier molecular flexibility index (Phi) is 4.62. The van der Waals surface area contributed by atoms with E-state index >= 15 is 0 Å². The minimum atomic E-state index is -0.818. The van der Waals surface area contributed by atoms with Crippen LogP contribution in [0.5, 0.6) is 5.75 Å². The van der Waals surface area contributed by atoms with E-state index in [1.165, 1.54) is 12.0 Å². The van der Waals surface area contributed by atoms with Gasteiger partial charge >= 0.3 is 11.9 Å². The number of likely N-dealkylation sites (tertiary alicyclic amines) is 1. The molecule has 1 aromatic carbocycles. The average Bonchev–Trinajstić information content (AvgIpc) is 2.44. The number of esters is 1. The third kappa shape index (κ3) is 3.42. The van der Waals surface area contributed by atoms with Gasteiger partial charge in [-0.05, 0) is 18.6 Å². The van der Waals surface area contributed by atoms with Gasteiger partial charge in [-0.3, -0.25) is 4.79 Å². The van der Waals surface area contributed by atoms with Gasteiger partial charge in [0.1, 0.15) is 5.75 Å². The molecule has 0 unspecified atom stereocenters. The van der Waals surface area contributed by atoms with Gasteiger partial charge in [0.2, 0.25) is 0 Å². The summed E-state index contributed by atoms with van der Waals surface area (Å²) in [5, 5.41) is 0. The van der Waals surface area contributed by atoms with Crippen LogP contribution in [-0.4, -0.2) is 43.6 Å². The Morgan fingerprint density at radius 1 is 1.33 bits per heavy atom. The smallest absolute Gasteiger partial charge is 0.396 e. The fourth-order valence-electron chi connectivity index (χ4n) is 2.21. The van der Waals surface area contributed by atoms with Gasteiger partial charge in [-0.25, -0.2) is 4.79 Å². The molecular weight excluding hydrogens is 270 g/mol. The molecule has 112 valence electrons. The quantitative estimate of drug-likeness (QED) is 0.626. The first kappa shape index (κ1) is 15.1.